The second-order valence-corrected chi connectivity index (χ2v) is 7.31. The number of rotatable bonds is 8. The highest BCUT2D eigenvalue weighted by atomic mass is 32.2. The van der Waals surface area contributed by atoms with Gasteiger partial charge in [-0.3, -0.25) is 4.79 Å². The lowest BCUT2D eigenvalue weighted by Gasteiger charge is -2.12. The number of hydrogen-bond donors (Lipinski definition) is 1. The van der Waals surface area contributed by atoms with Crippen LogP contribution in [-0.2, 0) is 11.2 Å². The Bertz CT molecular complexity index is 1000. The Kier molecular flexibility index (Phi) is 7.24. The summed E-state index contributed by atoms with van der Waals surface area (Å²) in [6.45, 7) is 3.90. The highest BCUT2D eigenvalue weighted by Gasteiger charge is 2.13. The van der Waals surface area contributed by atoms with E-state index in [0.717, 1.165) is 27.9 Å². The number of pyridine rings is 1. The van der Waals surface area contributed by atoms with E-state index in [1.165, 1.54) is 11.8 Å². The molecular weight excluding hydrogens is 400 g/mol. The molecule has 7 nitrogen and oxygen atoms in total. The van der Waals surface area contributed by atoms with Crippen molar-refractivity contribution in [2.45, 2.75) is 31.8 Å². The molecule has 2 aromatic heterocycles. The average Bonchev–Trinajstić information content (AvgIpc) is 2.75. The maximum absolute atomic E-state index is 12.6. The van der Waals surface area contributed by atoms with Gasteiger partial charge in [0.05, 0.1) is 7.11 Å². The van der Waals surface area contributed by atoms with Gasteiger partial charge in [0.1, 0.15) is 17.2 Å². The molecule has 0 spiro atoms. The van der Waals surface area contributed by atoms with Crippen molar-refractivity contribution in [2.75, 3.05) is 18.7 Å². The van der Waals surface area contributed by atoms with Crippen molar-refractivity contribution in [3.05, 3.63) is 59.5 Å². The van der Waals surface area contributed by atoms with E-state index in [9.17, 15) is 4.79 Å². The molecule has 0 unspecified atom stereocenters. The number of thioether (sulfide) groups is 1. The number of nitrogens with zero attached hydrogens (tertiary/aromatic N) is 3. The van der Waals surface area contributed by atoms with Crippen molar-refractivity contribution in [1.29, 1.82) is 0 Å². The first-order valence-electron chi connectivity index (χ1n) is 9.45. The molecule has 0 radical (unpaired) electrons. The van der Waals surface area contributed by atoms with E-state index in [2.05, 4.69) is 20.3 Å². The van der Waals surface area contributed by atoms with Crippen LogP contribution in [0.3, 0.4) is 0 Å². The van der Waals surface area contributed by atoms with Gasteiger partial charge in [0.25, 0.3) is 0 Å². The van der Waals surface area contributed by atoms with Crippen molar-refractivity contribution in [3.63, 3.8) is 0 Å². The van der Waals surface area contributed by atoms with Crippen LogP contribution in [0.2, 0.25) is 0 Å². The first kappa shape index (κ1) is 21.6. The smallest absolute Gasteiger partial charge is 0.243 e. The number of nitrogens with one attached hydrogen (secondary N) is 1. The highest BCUT2D eigenvalue weighted by Crippen LogP contribution is 2.28. The minimum Gasteiger partial charge on any atom is -0.497 e. The number of aryl methyl sites for hydroxylation is 2. The number of amides is 1. The normalized spacial score (nSPS) is 10.5. The Morgan fingerprint density at radius 3 is 2.37 bits per heavy atom. The van der Waals surface area contributed by atoms with E-state index in [0.29, 0.717) is 30.2 Å². The van der Waals surface area contributed by atoms with Crippen molar-refractivity contribution >= 4 is 23.4 Å². The quantitative estimate of drug-likeness (QED) is 0.418. The summed E-state index contributed by atoms with van der Waals surface area (Å²) in [5, 5.41) is 3.63. The fraction of sp³-hybridized carbons (Fsp3) is 0.273. The van der Waals surface area contributed by atoms with Gasteiger partial charge in [0, 0.05) is 24.0 Å². The van der Waals surface area contributed by atoms with Gasteiger partial charge >= 0.3 is 0 Å². The standard InChI is InChI=1S/C22H24N4O3S/c1-14-18(15(2)25-22(24-14)30-4)11-12-20(27)26-19-6-5-13-23-21(19)29-17-9-7-16(28-3)8-10-17/h5-10,13H,11-12H2,1-4H3,(H,26,27). The summed E-state index contributed by atoms with van der Waals surface area (Å²) in [5.41, 5.74) is 3.33. The highest BCUT2D eigenvalue weighted by molar-refractivity contribution is 7.98. The third kappa shape index (κ3) is 5.48. The molecule has 0 fully saturated rings. The van der Waals surface area contributed by atoms with Crippen LogP contribution in [0.4, 0.5) is 5.69 Å². The van der Waals surface area contributed by atoms with Gasteiger partial charge in [-0.15, -0.1) is 0 Å². The fourth-order valence-electron chi connectivity index (χ4n) is 2.94. The van der Waals surface area contributed by atoms with Crippen LogP contribution in [0.5, 0.6) is 17.4 Å². The first-order valence-corrected chi connectivity index (χ1v) is 10.7. The molecule has 0 saturated heterocycles. The second-order valence-electron chi connectivity index (χ2n) is 6.54. The van der Waals surface area contributed by atoms with Gasteiger partial charge < -0.3 is 14.8 Å². The summed E-state index contributed by atoms with van der Waals surface area (Å²) in [5.74, 6) is 1.53. The summed E-state index contributed by atoms with van der Waals surface area (Å²) >= 11 is 1.51. The van der Waals surface area contributed by atoms with Crippen LogP contribution in [0.25, 0.3) is 0 Å². The van der Waals surface area contributed by atoms with Crippen LogP contribution in [-0.4, -0.2) is 34.2 Å². The molecule has 0 aliphatic rings. The molecule has 0 aliphatic heterocycles. The summed E-state index contributed by atoms with van der Waals surface area (Å²) in [6.07, 6.45) is 4.43. The number of anilines is 1. The number of aromatic nitrogens is 3. The average molecular weight is 425 g/mol. The van der Waals surface area contributed by atoms with Gasteiger partial charge in [-0.25, -0.2) is 15.0 Å². The Hall–Kier alpha value is -3.13. The van der Waals surface area contributed by atoms with E-state index in [4.69, 9.17) is 9.47 Å². The summed E-state index contributed by atoms with van der Waals surface area (Å²) in [6, 6.07) is 10.7. The molecule has 1 amide bonds. The minimum absolute atomic E-state index is 0.129. The van der Waals surface area contributed by atoms with Crippen LogP contribution < -0.4 is 14.8 Å². The zero-order valence-corrected chi connectivity index (χ0v) is 18.2. The van der Waals surface area contributed by atoms with E-state index < -0.39 is 0 Å². The lowest BCUT2D eigenvalue weighted by atomic mass is 10.1. The molecule has 0 bridgehead atoms. The Morgan fingerprint density at radius 1 is 1.07 bits per heavy atom. The van der Waals surface area contributed by atoms with E-state index >= 15 is 0 Å². The zero-order chi connectivity index (χ0) is 21.5. The summed E-state index contributed by atoms with van der Waals surface area (Å²) in [7, 11) is 1.61. The van der Waals surface area contributed by atoms with Gasteiger partial charge in [-0.2, -0.15) is 0 Å². The molecule has 8 heteroatoms. The molecular formula is C22H24N4O3S. The van der Waals surface area contributed by atoms with Gasteiger partial charge in [0.2, 0.25) is 11.8 Å². The minimum atomic E-state index is -0.129. The fourth-order valence-corrected chi connectivity index (χ4v) is 3.39. The molecule has 3 rings (SSSR count). The number of carbonyl (C=O) groups excluding carboxylic acids is 1. The molecule has 0 atom stereocenters. The van der Waals surface area contributed by atoms with Gasteiger partial charge in [0.15, 0.2) is 5.16 Å². The molecule has 156 valence electrons. The summed E-state index contributed by atoms with van der Waals surface area (Å²) in [4.78, 5) is 25.7. The summed E-state index contributed by atoms with van der Waals surface area (Å²) < 4.78 is 11.0. The predicted molar refractivity (Wildman–Crippen MR) is 118 cm³/mol. The van der Waals surface area contributed by atoms with Crippen LogP contribution in [0.1, 0.15) is 23.4 Å². The predicted octanol–water partition coefficient (Wildman–Crippen LogP) is 4.58. The first-order chi connectivity index (χ1) is 14.5. The second kappa shape index (κ2) is 10.1. The number of ether oxygens (including phenoxy) is 2. The van der Waals surface area contributed by atoms with Gasteiger partial charge in [-0.05, 0) is 68.5 Å². The lowest BCUT2D eigenvalue weighted by molar-refractivity contribution is -0.116. The number of hydrogen-bond acceptors (Lipinski definition) is 7. The number of methoxy groups -OCH3 is 1. The molecule has 1 aromatic carbocycles. The van der Waals surface area contributed by atoms with Crippen molar-refractivity contribution in [1.82, 2.24) is 15.0 Å². The van der Waals surface area contributed by atoms with Crippen molar-refractivity contribution in [2.24, 2.45) is 0 Å². The molecule has 0 aliphatic carbocycles. The van der Waals surface area contributed by atoms with E-state index in [1.54, 1.807) is 49.7 Å². The molecule has 2 heterocycles. The zero-order valence-electron chi connectivity index (χ0n) is 17.4. The molecule has 0 saturated carbocycles. The van der Waals surface area contributed by atoms with Crippen molar-refractivity contribution < 1.29 is 14.3 Å². The third-order valence-corrected chi connectivity index (χ3v) is 5.05. The Balaban J connectivity index is 1.66. The topological polar surface area (TPSA) is 86.2 Å². The maximum Gasteiger partial charge on any atom is 0.243 e. The molecule has 3 aromatic rings. The monoisotopic (exact) mass is 424 g/mol. The van der Waals surface area contributed by atoms with Crippen LogP contribution >= 0.6 is 11.8 Å². The third-order valence-electron chi connectivity index (χ3n) is 4.50. The maximum atomic E-state index is 12.6. The lowest BCUT2D eigenvalue weighted by Crippen LogP contribution is -2.14. The van der Waals surface area contributed by atoms with Crippen molar-refractivity contribution in [3.8, 4) is 17.4 Å². The van der Waals surface area contributed by atoms with E-state index in [-0.39, 0.29) is 5.91 Å². The number of benzene rings is 1. The Labute approximate surface area is 180 Å². The number of carbonyl (C=O) groups is 1. The van der Waals surface area contributed by atoms with Gasteiger partial charge in [-0.1, -0.05) is 11.8 Å². The van der Waals surface area contributed by atoms with Crippen LogP contribution in [0, 0.1) is 13.8 Å². The molecule has 1 N–H and O–H groups in total. The SMILES string of the molecule is COc1ccc(Oc2ncccc2NC(=O)CCc2c(C)nc(SC)nc2C)cc1. The molecule has 30 heavy (non-hydrogen) atoms. The Morgan fingerprint density at radius 2 is 1.73 bits per heavy atom. The van der Waals surface area contributed by atoms with Crippen LogP contribution in [0.15, 0.2) is 47.8 Å². The largest absolute Gasteiger partial charge is 0.497 e. The van der Waals surface area contributed by atoms with E-state index in [1.807, 2.05) is 20.1 Å².